The lowest BCUT2D eigenvalue weighted by Gasteiger charge is -2.18. The van der Waals surface area contributed by atoms with Crippen molar-refractivity contribution in [3.05, 3.63) is 35.9 Å². The summed E-state index contributed by atoms with van der Waals surface area (Å²) in [6.45, 7) is 3.09. The van der Waals surface area contributed by atoms with Gasteiger partial charge in [0.25, 0.3) is 0 Å². The number of fused-ring (bicyclic) bond motifs is 1. The number of sulfonamides is 1. The highest BCUT2D eigenvalue weighted by atomic mass is 32.2. The molecule has 0 aliphatic carbocycles. The lowest BCUT2D eigenvalue weighted by atomic mass is 10.1. The van der Waals surface area contributed by atoms with Crippen LogP contribution in [0.3, 0.4) is 0 Å². The van der Waals surface area contributed by atoms with E-state index in [1.807, 2.05) is 24.3 Å². The topological polar surface area (TPSA) is 71.5 Å². The van der Waals surface area contributed by atoms with E-state index in [2.05, 4.69) is 20.7 Å². The van der Waals surface area contributed by atoms with Crippen LogP contribution < -0.4 is 9.46 Å². The first-order chi connectivity index (χ1) is 11.4. The Morgan fingerprint density at radius 2 is 2.17 bits per heavy atom. The molecular formula is C17H23N3O3S. The Kier molecular flexibility index (Phi) is 5.03. The van der Waals surface area contributed by atoms with Crippen LogP contribution in [0.4, 0.5) is 0 Å². The van der Waals surface area contributed by atoms with E-state index in [0.29, 0.717) is 18.3 Å². The van der Waals surface area contributed by atoms with Crippen molar-refractivity contribution in [1.29, 1.82) is 0 Å². The van der Waals surface area contributed by atoms with E-state index >= 15 is 0 Å². The summed E-state index contributed by atoms with van der Waals surface area (Å²) in [5.74, 6) is 1.01. The smallest absolute Gasteiger partial charge is 0.218 e. The van der Waals surface area contributed by atoms with Crippen molar-refractivity contribution in [2.45, 2.75) is 13.0 Å². The van der Waals surface area contributed by atoms with Crippen LogP contribution in [0.25, 0.3) is 10.9 Å². The zero-order chi connectivity index (χ0) is 17.2. The van der Waals surface area contributed by atoms with Gasteiger partial charge in [-0.2, -0.15) is 0 Å². The van der Waals surface area contributed by atoms with Gasteiger partial charge in [0.05, 0.1) is 18.9 Å². The summed E-state index contributed by atoms with van der Waals surface area (Å²) in [7, 11) is -1.48. The quantitative estimate of drug-likeness (QED) is 0.858. The fraction of sp³-hybridized carbons (Fsp3) is 0.471. The number of hydrogen-bond acceptors (Lipinski definition) is 5. The predicted molar refractivity (Wildman–Crippen MR) is 94.5 cm³/mol. The van der Waals surface area contributed by atoms with Gasteiger partial charge < -0.3 is 4.74 Å². The van der Waals surface area contributed by atoms with Crippen molar-refractivity contribution >= 4 is 20.9 Å². The molecule has 0 amide bonds. The second-order valence-corrected chi connectivity index (χ2v) is 8.19. The molecule has 0 unspecified atom stereocenters. The maximum absolute atomic E-state index is 11.2. The molecule has 0 spiro atoms. The number of nitrogens with zero attached hydrogens (tertiary/aromatic N) is 2. The fourth-order valence-electron chi connectivity index (χ4n) is 3.17. The molecule has 0 radical (unpaired) electrons. The van der Waals surface area contributed by atoms with Gasteiger partial charge >= 0.3 is 0 Å². The Balaban J connectivity index is 1.69. The fourth-order valence-corrected chi connectivity index (χ4v) is 3.70. The van der Waals surface area contributed by atoms with E-state index in [1.54, 1.807) is 7.11 Å². The summed E-state index contributed by atoms with van der Waals surface area (Å²) >= 11 is 0. The molecule has 1 aliphatic rings. The molecule has 1 saturated heterocycles. The first kappa shape index (κ1) is 17.1. The zero-order valence-corrected chi connectivity index (χ0v) is 14.8. The highest BCUT2D eigenvalue weighted by Crippen LogP contribution is 2.26. The van der Waals surface area contributed by atoms with Gasteiger partial charge in [0.15, 0.2) is 0 Å². The van der Waals surface area contributed by atoms with Crippen molar-refractivity contribution < 1.29 is 13.2 Å². The van der Waals surface area contributed by atoms with Crippen LogP contribution in [0, 0.1) is 5.92 Å². The Bertz CT molecular complexity index is 823. The van der Waals surface area contributed by atoms with Crippen LogP contribution >= 0.6 is 0 Å². The van der Waals surface area contributed by atoms with Crippen LogP contribution in [0.2, 0.25) is 0 Å². The SMILES string of the molecule is COc1nc2ccccc2cc1CN1CC[C@H](CNS(C)(=O)=O)C1. The first-order valence-corrected chi connectivity index (χ1v) is 9.93. The Labute approximate surface area is 142 Å². The van der Waals surface area contributed by atoms with Crippen LogP contribution in [0.1, 0.15) is 12.0 Å². The van der Waals surface area contributed by atoms with Crippen LogP contribution in [0.5, 0.6) is 5.88 Å². The summed E-state index contributed by atoms with van der Waals surface area (Å²) in [4.78, 5) is 6.91. The molecule has 2 heterocycles. The lowest BCUT2D eigenvalue weighted by molar-refractivity contribution is 0.306. The molecule has 0 saturated carbocycles. The molecule has 0 bridgehead atoms. The highest BCUT2D eigenvalue weighted by Gasteiger charge is 2.24. The van der Waals surface area contributed by atoms with E-state index < -0.39 is 10.0 Å². The Morgan fingerprint density at radius 1 is 1.38 bits per heavy atom. The van der Waals surface area contributed by atoms with Crippen molar-refractivity contribution in [1.82, 2.24) is 14.6 Å². The summed E-state index contributed by atoms with van der Waals surface area (Å²) in [5.41, 5.74) is 1.99. The molecule has 1 aromatic carbocycles. The summed E-state index contributed by atoms with van der Waals surface area (Å²) < 4.78 is 30.5. The maximum Gasteiger partial charge on any atom is 0.218 e. The molecular weight excluding hydrogens is 326 g/mol. The number of hydrogen-bond donors (Lipinski definition) is 1. The van der Waals surface area contributed by atoms with E-state index in [0.717, 1.165) is 42.5 Å². The van der Waals surface area contributed by atoms with Gasteiger partial charge in [-0.15, -0.1) is 0 Å². The minimum absolute atomic E-state index is 0.346. The third-order valence-corrected chi connectivity index (χ3v) is 5.05. The molecule has 3 rings (SSSR count). The number of aromatic nitrogens is 1. The van der Waals surface area contributed by atoms with E-state index in [9.17, 15) is 8.42 Å². The Hall–Kier alpha value is -1.70. The minimum atomic E-state index is -3.12. The number of likely N-dealkylation sites (tertiary alicyclic amines) is 1. The number of nitrogens with one attached hydrogen (secondary N) is 1. The van der Waals surface area contributed by atoms with Crippen molar-refractivity contribution in [3.8, 4) is 5.88 Å². The molecule has 1 N–H and O–H groups in total. The lowest BCUT2D eigenvalue weighted by Crippen LogP contribution is -2.30. The summed E-state index contributed by atoms with van der Waals surface area (Å²) in [6, 6.07) is 10.1. The molecule has 1 aliphatic heterocycles. The summed E-state index contributed by atoms with van der Waals surface area (Å²) in [6.07, 6.45) is 2.19. The van der Waals surface area contributed by atoms with Gasteiger partial charge in [-0.05, 0) is 31.0 Å². The predicted octanol–water partition coefficient (Wildman–Crippen LogP) is 1.61. The average molecular weight is 349 g/mol. The van der Waals surface area contributed by atoms with Crippen molar-refractivity contribution in [3.63, 3.8) is 0 Å². The molecule has 1 atom stereocenters. The first-order valence-electron chi connectivity index (χ1n) is 8.04. The van der Waals surface area contributed by atoms with Crippen LogP contribution in [-0.2, 0) is 16.6 Å². The van der Waals surface area contributed by atoms with Crippen LogP contribution in [0.15, 0.2) is 30.3 Å². The normalized spacial score (nSPS) is 19.0. The maximum atomic E-state index is 11.2. The number of pyridine rings is 1. The Morgan fingerprint density at radius 3 is 2.92 bits per heavy atom. The standard InChI is InChI=1S/C17H23N3O3S/c1-23-17-15(9-14-5-3-4-6-16(14)19-17)12-20-8-7-13(11-20)10-18-24(2,21)22/h3-6,9,13,18H,7-8,10-12H2,1-2H3/t13-/m1/s1. The van der Waals surface area contributed by atoms with Gasteiger partial charge in [0, 0.05) is 30.6 Å². The number of para-hydroxylation sites is 1. The average Bonchev–Trinajstić information content (AvgIpc) is 2.99. The van der Waals surface area contributed by atoms with Gasteiger partial charge in [0.1, 0.15) is 0 Å². The molecule has 2 aromatic rings. The van der Waals surface area contributed by atoms with Crippen molar-refractivity contribution in [2.24, 2.45) is 5.92 Å². The molecule has 24 heavy (non-hydrogen) atoms. The van der Waals surface area contributed by atoms with E-state index in [-0.39, 0.29) is 0 Å². The second kappa shape index (κ2) is 7.04. The molecule has 6 nitrogen and oxygen atoms in total. The number of ether oxygens (including phenoxy) is 1. The van der Waals surface area contributed by atoms with Crippen LogP contribution in [-0.4, -0.2) is 51.3 Å². The molecule has 1 fully saturated rings. The van der Waals surface area contributed by atoms with Gasteiger partial charge in [-0.25, -0.2) is 18.1 Å². The number of benzene rings is 1. The second-order valence-electron chi connectivity index (χ2n) is 6.36. The minimum Gasteiger partial charge on any atom is -0.481 e. The summed E-state index contributed by atoms with van der Waals surface area (Å²) in [5, 5.41) is 1.10. The largest absolute Gasteiger partial charge is 0.481 e. The van der Waals surface area contributed by atoms with Gasteiger partial charge in [0.2, 0.25) is 15.9 Å². The number of rotatable bonds is 6. The molecule has 130 valence electrons. The third-order valence-electron chi connectivity index (χ3n) is 4.35. The molecule has 7 heteroatoms. The van der Waals surface area contributed by atoms with Gasteiger partial charge in [-0.1, -0.05) is 18.2 Å². The number of methoxy groups -OCH3 is 1. The van der Waals surface area contributed by atoms with E-state index in [4.69, 9.17) is 4.74 Å². The monoisotopic (exact) mass is 349 g/mol. The van der Waals surface area contributed by atoms with Crippen molar-refractivity contribution in [2.75, 3.05) is 33.0 Å². The van der Waals surface area contributed by atoms with Gasteiger partial charge in [-0.3, -0.25) is 4.90 Å². The third kappa shape index (κ3) is 4.23. The van der Waals surface area contributed by atoms with E-state index in [1.165, 1.54) is 6.26 Å². The zero-order valence-electron chi connectivity index (χ0n) is 14.0. The highest BCUT2D eigenvalue weighted by molar-refractivity contribution is 7.88. The molecule has 1 aromatic heterocycles.